The first-order valence-electron chi connectivity index (χ1n) is 24.7. The van der Waals surface area contributed by atoms with Crippen molar-refractivity contribution in [3.8, 4) is 0 Å². The van der Waals surface area contributed by atoms with Gasteiger partial charge in [-0.3, -0.25) is 4.79 Å². The van der Waals surface area contributed by atoms with Crippen molar-refractivity contribution in [2.75, 3.05) is 46.4 Å². The number of carbonyl (C=O) groups excluding carboxylic acids is 5. The molecule has 0 radical (unpaired) electrons. The average molecular weight is 1030 g/mol. The van der Waals surface area contributed by atoms with E-state index in [0.717, 1.165) is 4.90 Å². The van der Waals surface area contributed by atoms with Gasteiger partial charge in [0.15, 0.2) is 6.29 Å². The van der Waals surface area contributed by atoms with Crippen molar-refractivity contribution < 1.29 is 82.3 Å². The highest BCUT2D eigenvalue weighted by molar-refractivity contribution is 5.81. The molecule has 0 aromatic carbocycles. The Labute approximate surface area is 423 Å². The van der Waals surface area contributed by atoms with E-state index < -0.39 is 132 Å². The van der Waals surface area contributed by atoms with Crippen LogP contribution in [-0.4, -0.2) is 202 Å². The molecule has 4 aliphatic rings. The van der Waals surface area contributed by atoms with Gasteiger partial charge in [-0.05, 0) is 128 Å². The zero-order chi connectivity index (χ0) is 54.3. The molecule has 1 saturated carbocycles. The van der Waals surface area contributed by atoms with Crippen LogP contribution in [0.5, 0.6) is 0 Å². The summed E-state index contributed by atoms with van der Waals surface area (Å²) in [5, 5.41) is 58.6. The number of likely N-dealkylation sites (N-methyl/N-ethyl adjacent to an activating group) is 1. The van der Waals surface area contributed by atoms with Crippen molar-refractivity contribution in [2.24, 2.45) is 11.7 Å². The summed E-state index contributed by atoms with van der Waals surface area (Å²) in [5.74, 6) is -0.533. The molecule has 1 unspecified atom stereocenters. The summed E-state index contributed by atoms with van der Waals surface area (Å²) < 4.78 is 47.3. The fourth-order valence-corrected chi connectivity index (χ4v) is 8.70. The molecule has 3 heterocycles. The Hall–Kier alpha value is -4.27. The first-order chi connectivity index (χ1) is 33.1. The number of aliphatic hydroxyl groups is 4. The average Bonchev–Trinajstić information content (AvgIpc) is 3.70. The third kappa shape index (κ3) is 18.3. The van der Waals surface area contributed by atoms with Crippen molar-refractivity contribution in [3.63, 3.8) is 0 Å². The Bertz CT molecular complexity index is 1880. The van der Waals surface area contributed by atoms with E-state index in [4.69, 9.17) is 43.6 Å². The number of carbonyl (C=O) groups is 5. The van der Waals surface area contributed by atoms with E-state index >= 15 is 0 Å². The second-order valence-corrected chi connectivity index (χ2v) is 23.3. The van der Waals surface area contributed by atoms with Crippen molar-refractivity contribution >= 4 is 30.3 Å². The molecule has 24 heteroatoms. The van der Waals surface area contributed by atoms with Gasteiger partial charge in [0.1, 0.15) is 64.3 Å². The second kappa shape index (κ2) is 24.4. The maximum absolute atomic E-state index is 13.8. The normalized spacial score (nSPS) is 30.7. The second-order valence-electron chi connectivity index (χ2n) is 23.3. The topological polar surface area (TPSA) is 321 Å². The smallest absolute Gasteiger partial charge is 0.410 e. The minimum absolute atomic E-state index is 0.00190. The highest BCUT2D eigenvalue weighted by Crippen LogP contribution is 2.35. The van der Waals surface area contributed by atoms with Crippen LogP contribution >= 0.6 is 0 Å². The third-order valence-corrected chi connectivity index (χ3v) is 11.9. The number of likely N-dealkylation sites (tertiary alicyclic amines) is 1. The Morgan fingerprint density at radius 3 is 1.99 bits per heavy atom. The van der Waals surface area contributed by atoms with Crippen LogP contribution in [0.25, 0.3) is 0 Å². The third-order valence-electron chi connectivity index (χ3n) is 11.9. The van der Waals surface area contributed by atoms with Crippen LogP contribution in [0.2, 0.25) is 0 Å². The Balaban J connectivity index is 1.68. The van der Waals surface area contributed by atoms with E-state index in [-0.39, 0.29) is 31.8 Å². The van der Waals surface area contributed by atoms with Gasteiger partial charge in [0.2, 0.25) is 12.2 Å². The summed E-state index contributed by atoms with van der Waals surface area (Å²) in [4.78, 5) is 68.6. The molecular formula is C48H85N7O17. The number of rotatable bonds is 15. The van der Waals surface area contributed by atoms with E-state index in [1.54, 1.807) is 94.1 Å². The van der Waals surface area contributed by atoms with Crippen LogP contribution in [0.4, 0.5) is 19.2 Å². The molecular weight excluding hydrogens is 947 g/mol. The number of nitrogens with zero attached hydrogens (tertiary/aromatic N) is 2. The van der Waals surface area contributed by atoms with Gasteiger partial charge in [0.25, 0.3) is 0 Å². The zero-order valence-corrected chi connectivity index (χ0v) is 44.6. The van der Waals surface area contributed by atoms with E-state index in [1.807, 2.05) is 0 Å². The van der Waals surface area contributed by atoms with Crippen molar-refractivity contribution in [3.05, 3.63) is 11.8 Å². The first-order valence-corrected chi connectivity index (χ1v) is 24.7. The van der Waals surface area contributed by atoms with Crippen LogP contribution in [0.3, 0.4) is 0 Å². The molecule has 13 atom stereocenters. The van der Waals surface area contributed by atoms with Gasteiger partial charge in [-0.25, -0.2) is 19.2 Å². The monoisotopic (exact) mass is 1030 g/mol. The van der Waals surface area contributed by atoms with E-state index in [0.29, 0.717) is 38.2 Å². The van der Waals surface area contributed by atoms with Crippen molar-refractivity contribution in [2.45, 2.75) is 211 Å². The molecule has 1 aliphatic carbocycles. The molecule has 0 bridgehead atoms. The molecule has 24 nitrogen and oxygen atoms in total. The predicted molar refractivity (Wildman–Crippen MR) is 259 cm³/mol. The predicted octanol–water partition coefficient (Wildman–Crippen LogP) is 1.68. The number of hydrogen-bond donors (Lipinski definition) is 9. The number of amides is 5. The maximum atomic E-state index is 13.8. The largest absolute Gasteiger partial charge is 0.467 e. The molecule has 2 saturated heterocycles. The summed E-state index contributed by atoms with van der Waals surface area (Å²) in [7, 11) is 1.33. The van der Waals surface area contributed by atoms with Crippen molar-refractivity contribution in [1.29, 1.82) is 0 Å². The van der Waals surface area contributed by atoms with E-state index in [2.05, 4.69) is 21.3 Å². The van der Waals surface area contributed by atoms with Crippen molar-refractivity contribution in [1.82, 2.24) is 31.1 Å². The number of ether oxygens (including phenoxy) is 8. The lowest BCUT2D eigenvalue weighted by molar-refractivity contribution is -0.311. The van der Waals surface area contributed by atoms with Crippen LogP contribution < -0.4 is 27.0 Å². The maximum Gasteiger partial charge on any atom is 0.410 e. The molecule has 72 heavy (non-hydrogen) atoms. The van der Waals surface area contributed by atoms with Crippen LogP contribution in [-0.2, 0) is 42.7 Å². The number of nitrogens with one attached hydrogen (secondary N) is 4. The molecule has 3 fully saturated rings. The van der Waals surface area contributed by atoms with Crippen LogP contribution in [0.15, 0.2) is 11.8 Å². The number of hydrogen-bond acceptors (Lipinski definition) is 19. The van der Waals surface area contributed by atoms with E-state index in [1.165, 1.54) is 14.0 Å². The van der Waals surface area contributed by atoms with Crippen LogP contribution in [0.1, 0.15) is 116 Å². The van der Waals surface area contributed by atoms with Gasteiger partial charge < -0.3 is 95.1 Å². The highest BCUT2D eigenvalue weighted by Gasteiger charge is 2.55. The van der Waals surface area contributed by atoms with Gasteiger partial charge in [0, 0.05) is 33.2 Å². The summed E-state index contributed by atoms with van der Waals surface area (Å²) in [6, 6.07) is -4.44. The summed E-state index contributed by atoms with van der Waals surface area (Å²) in [6.07, 6.45) is -11.8. The van der Waals surface area contributed by atoms with Gasteiger partial charge in [0.05, 0.1) is 37.3 Å². The van der Waals surface area contributed by atoms with E-state index in [9.17, 15) is 44.4 Å². The molecule has 10 N–H and O–H groups in total. The molecule has 414 valence electrons. The van der Waals surface area contributed by atoms with Gasteiger partial charge in [-0.2, -0.15) is 0 Å². The lowest BCUT2D eigenvalue weighted by Gasteiger charge is -2.50. The van der Waals surface area contributed by atoms with Gasteiger partial charge in [-0.15, -0.1) is 0 Å². The SMILES string of the molecule is CN(C(=O)OC(C)(C)C)[C@@H]1[C@@H](O)[C@@H](O[C@@H]2[C@@H](O)[C@H](O[C@H]3OC(CN)=CC[C@H]3NCC3CCN(C(=O)OC(C)(C)C)C3)[C@@H](NC(=O)OC(C)(C)C)C[C@H]2NC(=O)[C@@H](O)CCNC(=O)OC(C)(C)C)OC[C@]1(C)O. The molecule has 3 aliphatic heterocycles. The molecule has 4 rings (SSSR count). The minimum Gasteiger partial charge on any atom is -0.467 e. The molecule has 0 aromatic heterocycles. The van der Waals surface area contributed by atoms with Crippen LogP contribution in [0, 0.1) is 5.92 Å². The standard InChI is InChI=1S/C48H85N7O17/c1-44(2,3)69-40(60)50-19-17-31(56)37(59)52-29-21-30(53-41(61)70-45(4,5)6)35(32(57)34(29)68-39-33(58)36(48(13,64)25-65-39)54(14)42(62)71-46(7,8)9)67-38-28(16-15-27(22-49)66-38)51-23-26-18-20-55(24-26)43(63)72-47(10,11)12/h15,26,28-36,38-39,51,56-58,64H,16-25,49H2,1-14H3,(H,50,60)(H,52,59)(H,53,61)/t26?,28-,29-,30+,31+,32-,33-,34+,35-,36-,38-,39-,48+/m1/s1. The quantitative estimate of drug-likeness (QED) is 0.105. The summed E-state index contributed by atoms with van der Waals surface area (Å²) >= 11 is 0. The number of aliphatic hydroxyl groups excluding tert-OH is 3. The minimum atomic E-state index is -1.85. The fraction of sp³-hybridized carbons (Fsp3) is 0.854. The first kappa shape index (κ1) is 60.3. The molecule has 0 aromatic rings. The molecule has 5 amide bonds. The Kier molecular flexibility index (Phi) is 20.4. The highest BCUT2D eigenvalue weighted by atomic mass is 16.7. The van der Waals surface area contributed by atoms with Gasteiger partial charge >= 0.3 is 24.4 Å². The Morgan fingerprint density at radius 2 is 1.40 bits per heavy atom. The Morgan fingerprint density at radius 1 is 0.833 bits per heavy atom. The lowest BCUT2D eigenvalue weighted by Crippen LogP contribution is -2.70. The number of nitrogens with two attached hydrogens (primary N) is 1. The lowest BCUT2D eigenvalue weighted by atomic mass is 9.82. The fourth-order valence-electron chi connectivity index (χ4n) is 8.70. The summed E-state index contributed by atoms with van der Waals surface area (Å²) in [6.45, 7) is 22.5. The number of alkyl carbamates (subject to hydrolysis) is 2. The zero-order valence-electron chi connectivity index (χ0n) is 44.6. The molecule has 0 spiro atoms. The van der Waals surface area contributed by atoms with Gasteiger partial charge in [-0.1, -0.05) is 0 Å². The summed E-state index contributed by atoms with van der Waals surface area (Å²) in [5.41, 5.74) is 0.830.